The Balaban J connectivity index is 1.95. The molecule has 1 aromatic rings. The highest BCUT2D eigenvalue weighted by Gasteiger charge is 2.33. The van der Waals surface area contributed by atoms with E-state index in [9.17, 15) is 9.59 Å². The van der Waals surface area contributed by atoms with Gasteiger partial charge < -0.3 is 14.7 Å². The van der Waals surface area contributed by atoms with Crippen LogP contribution < -0.4 is 4.74 Å². The number of aryl methyl sites for hydroxylation is 1. The molecule has 102 valence electrons. The standard InChI is InChI=1S/C14H17NO4/c1-10-5-2-3-7-12(10)19-9-13(16)15-8-4-6-11(15)14(17)18/h2-3,5,7,11H,4,6,8-9H2,1H3,(H,17,18). The van der Waals surface area contributed by atoms with Gasteiger partial charge in [-0.25, -0.2) is 4.79 Å². The van der Waals surface area contributed by atoms with Crippen LogP contribution in [-0.2, 0) is 9.59 Å². The van der Waals surface area contributed by atoms with Gasteiger partial charge in [-0.15, -0.1) is 0 Å². The molecule has 0 spiro atoms. The second kappa shape index (κ2) is 5.73. The minimum absolute atomic E-state index is 0.116. The SMILES string of the molecule is Cc1ccccc1OCC(=O)N1CCCC1C(=O)O. The van der Waals surface area contributed by atoms with Crippen LogP contribution in [0.4, 0.5) is 0 Å². The van der Waals surface area contributed by atoms with Crippen molar-refractivity contribution < 1.29 is 19.4 Å². The number of hydrogen-bond acceptors (Lipinski definition) is 3. The summed E-state index contributed by atoms with van der Waals surface area (Å²) in [5.74, 6) is -0.559. The number of amides is 1. The Labute approximate surface area is 111 Å². The van der Waals surface area contributed by atoms with Crippen molar-refractivity contribution in [1.29, 1.82) is 0 Å². The second-order valence-corrected chi connectivity index (χ2v) is 4.64. The first-order valence-corrected chi connectivity index (χ1v) is 6.30. The number of ether oxygens (including phenoxy) is 1. The molecule has 1 atom stereocenters. The quantitative estimate of drug-likeness (QED) is 0.892. The minimum atomic E-state index is -0.943. The molecular formula is C14H17NO4. The van der Waals surface area contributed by atoms with Crippen molar-refractivity contribution in [2.45, 2.75) is 25.8 Å². The van der Waals surface area contributed by atoms with Crippen molar-refractivity contribution >= 4 is 11.9 Å². The van der Waals surface area contributed by atoms with Crippen molar-refractivity contribution in [3.05, 3.63) is 29.8 Å². The Kier molecular flexibility index (Phi) is 4.04. The number of carbonyl (C=O) groups is 2. The van der Waals surface area contributed by atoms with Crippen LogP contribution in [0.25, 0.3) is 0 Å². The molecule has 1 amide bonds. The van der Waals surface area contributed by atoms with Gasteiger partial charge in [0.1, 0.15) is 11.8 Å². The number of para-hydroxylation sites is 1. The molecule has 1 N–H and O–H groups in total. The second-order valence-electron chi connectivity index (χ2n) is 4.64. The molecular weight excluding hydrogens is 246 g/mol. The lowest BCUT2D eigenvalue weighted by atomic mass is 10.2. The van der Waals surface area contributed by atoms with Gasteiger partial charge in [0, 0.05) is 6.54 Å². The Morgan fingerprint density at radius 3 is 2.84 bits per heavy atom. The lowest BCUT2D eigenvalue weighted by Gasteiger charge is -2.21. The smallest absolute Gasteiger partial charge is 0.326 e. The van der Waals surface area contributed by atoms with Crippen molar-refractivity contribution in [2.75, 3.05) is 13.2 Å². The van der Waals surface area contributed by atoms with Crippen molar-refractivity contribution in [3.63, 3.8) is 0 Å². The maximum atomic E-state index is 12.0. The summed E-state index contributed by atoms with van der Waals surface area (Å²) in [5.41, 5.74) is 0.950. The number of carboxylic acids is 1. The van der Waals surface area contributed by atoms with Gasteiger partial charge in [0.15, 0.2) is 6.61 Å². The predicted molar refractivity (Wildman–Crippen MR) is 69.0 cm³/mol. The molecule has 0 radical (unpaired) electrons. The molecule has 1 aliphatic rings. The van der Waals surface area contributed by atoms with Gasteiger partial charge in [-0.05, 0) is 31.4 Å². The third kappa shape index (κ3) is 3.05. The van der Waals surface area contributed by atoms with Gasteiger partial charge in [0.25, 0.3) is 5.91 Å². The van der Waals surface area contributed by atoms with Gasteiger partial charge in [-0.1, -0.05) is 18.2 Å². The van der Waals surface area contributed by atoms with Crippen molar-refractivity contribution in [2.24, 2.45) is 0 Å². The fraction of sp³-hybridized carbons (Fsp3) is 0.429. The molecule has 0 saturated carbocycles. The van der Waals surface area contributed by atoms with Crippen LogP contribution in [0.15, 0.2) is 24.3 Å². The summed E-state index contributed by atoms with van der Waals surface area (Å²) in [7, 11) is 0. The number of carboxylic acid groups (broad SMARTS) is 1. The fourth-order valence-corrected chi connectivity index (χ4v) is 2.26. The fourth-order valence-electron chi connectivity index (χ4n) is 2.26. The first-order chi connectivity index (χ1) is 9.09. The average molecular weight is 263 g/mol. The van der Waals surface area contributed by atoms with Crippen LogP contribution in [-0.4, -0.2) is 41.1 Å². The average Bonchev–Trinajstić information content (AvgIpc) is 2.87. The third-order valence-electron chi connectivity index (χ3n) is 3.30. The Bertz CT molecular complexity index is 486. The normalized spacial score (nSPS) is 18.4. The van der Waals surface area contributed by atoms with E-state index in [1.807, 2.05) is 25.1 Å². The van der Waals surface area contributed by atoms with Crippen LogP contribution in [0, 0.1) is 6.92 Å². The van der Waals surface area contributed by atoms with Crippen LogP contribution in [0.3, 0.4) is 0 Å². The lowest BCUT2D eigenvalue weighted by molar-refractivity contribution is -0.148. The van der Waals surface area contributed by atoms with Crippen LogP contribution >= 0.6 is 0 Å². The van der Waals surface area contributed by atoms with Gasteiger partial charge in [-0.2, -0.15) is 0 Å². The molecule has 1 heterocycles. The number of hydrogen-bond donors (Lipinski definition) is 1. The van der Waals surface area contributed by atoms with E-state index in [2.05, 4.69) is 0 Å². The van der Waals surface area contributed by atoms with E-state index in [1.165, 1.54) is 4.90 Å². The molecule has 5 heteroatoms. The lowest BCUT2D eigenvalue weighted by Crippen LogP contribution is -2.42. The van der Waals surface area contributed by atoms with E-state index in [1.54, 1.807) is 6.07 Å². The van der Waals surface area contributed by atoms with Gasteiger partial charge >= 0.3 is 5.97 Å². The first kappa shape index (κ1) is 13.4. The Morgan fingerprint density at radius 1 is 1.42 bits per heavy atom. The molecule has 1 aliphatic heterocycles. The zero-order valence-electron chi connectivity index (χ0n) is 10.8. The number of benzene rings is 1. The molecule has 19 heavy (non-hydrogen) atoms. The number of likely N-dealkylation sites (tertiary alicyclic amines) is 1. The topological polar surface area (TPSA) is 66.8 Å². The van der Waals surface area contributed by atoms with E-state index in [0.717, 1.165) is 12.0 Å². The summed E-state index contributed by atoms with van der Waals surface area (Å²) in [6.07, 6.45) is 1.25. The highest BCUT2D eigenvalue weighted by Crippen LogP contribution is 2.19. The third-order valence-corrected chi connectivity index (χ3v) is 3.30. The zero-order chi connectivity index (χ0) is 13.8. The molecule has 1 unspecified atom stereocenters. The van der Waals surface area contributed by atoms with Crippen LogP contribution in [0.5, 0.6) is 5.75 Å². The largest absolute Gasteiger partial charge is 0.484 e. The summed E-state index contributed by atoms with van der Waals surface area (Å²) in [6, 6.07) is 6.72. The van der Waals surface area contributed by atoms with Gasteiger partial charge in [0.2, 0.25) is 0 Å². The number of carbonyl (C=O) groups excluding carboxylic acids is 1. The Morgan fingerprint density at radius 2 is 2.16 bits per heavy atom. The van der Waals surface area contributed by atoms with E-state index >= 15 is 0 Å². The highest BCUT2D eigenvalue weighted by molar-refractivity contribution is 5.85. The molecule has 5 nitrogen and oxygen atoms in total. The number of aliphatic carboxylic acids is 1. The van der Waals surface area contributed by atoms with Crippen molar-refractivity contribution in [3.8, 4) is 5.75 Å². The number of nitrogens with zero attached hydrogens (tertiary/aromatic N) is 1. The molecule has 1 fully saturated rings. The summed E-state index contributed by atoms with van der Waals surface area (Å²) in [4.78, 5) is 24.4. The van der Waals surface area contributed by atoms with Crippen LogP contribution in [0.1, 0.15) is 18.4 Å². The van der Waals surface area contributed by atoms with E-state index < -0.39 is 12.0 Å². The van der Waals surface area contributed by atoms with Gasteiger partial charge in [-0.3, -0.25) is 4.79 Å². The molecule has 0 bridgehead atoms. The minimum Gasteiger partial charge on any atom is -0.484 e. The first-order valence-electron chi connectivity index (χ1n) is 6.30. The van der Waals surface area contributed by atoms with Crippen molar-refractivity contribution in [1.82, 2.24) is 4.90 Å². The Hall–Kier alpha value is -2.04. The summed E-state index contributed by atoms with van der Waals surface area (Å²) in [6.45, 7) is 2.28. The molecule has 0 aliphatic carbocycles. The van der Waals surface area contributed by atoms with E-state index in [0.29, 0.717) is 18.7 Å². The summed E-state index contributed by atoms with van der Waals surface area (Å²) >= 11 is 0. The van der Waals surface area contributed by atoms with E-state index in [4.69, 9.17) is 9.84 Å². The monoisotopic (exact) mass is 263 g/mol. The highest BCUT2D eigenvalue weighted by atomic mass is 16.5. The molecule has 0 aromatic heterocycles. The number of rotatable bonds is 4. The van der Waals surface area contributed by atoms with Gasteiger partial charge in [0.05, 0.1) is 0 Å². The molecule has 1 aromatic carbocycles. The summed E-state index contributed by atoms with van der Waals surface area (Å²) in [5, 5.41) is 9.03. The predicted octanol–water partition coefficient (Wildman–Crippen LogP) is 1.45. The zero-order valence-corrected chi connectivity index (χ0v) is 10.8. The molecule has 2 rings (SSSR count). The maximum absolute atomic E-state index is 12.0. The van der Waals surface area contributed by atoms with E-state index in [-0.39, 0.29) is 12.5 Å². The maximum Gasteiger partial charge on any atom is 0.326 e. The molecule has 1 saturated heterocycles. The summed E-state index contributed by atoms with van der Waals surface area (Å²) < 4.78 is 5.45. The van der Waals surface area contributed by atoms with Crippen LogP contribution in [0.2, 0.25) is 0 Å².